The van der Waals surface area contributed by atoms with Crippen LogP contribution < -0.4 is 0 Å². The zero-order valence-electron chi connectivity index (χ0n) is 7.04. The van der Waals surface area contributed by atoms with Gasteiger partial charge in [-0.3, -0.25) is 4.90 Å². The van der Waals surface area contributed by atoms with Gasteiger partial charge in [-0.1, -0.05) is 0 Å². The molecule has 3 aliphatic heterocycles. The van der Waals surface area contributed by atoms with E-state index in [1.54, 1.807) is 0 Å². The molecule has 0 N–H and O–H groups in total. The first-order valence-corrected chi connectivity index (χ1v) is 4.12. The van der Waals surface area contributed by atoms with Gasteiger partial charge in [-0.25, -0.2) is 0 Å². The Bertz CT molecular complexity index is 142. The van der Waals surface area contributed by atoms with Crippen LogP contribution in [0.1, 0.15) is 13.3 Å². The Labute approximate surface area is 62.8 Å². The van der Waals surface area contributed by atoms with Crippen molar-refractivity contribution in [2.45, 2.75) is 31.5 Å². The van der Waals surface area contributed by atoms with Crippen LogP contribution in [0, 0.1) is 0 Å². The van der Waals surface area contributed by atoms with E-state index >= 15 is 0 Å². The van der Waals surface area contributed by atoms with Crippen molar-refractivity contribution in [2.24, 2.45) is 0 Å². The van der Waals surface area contributed by atoms with Crippen LogP contribution in [0.5, 0.6) is 0 Å². The van der Waals surface area contributed by atoms with Gasteiger partial charge in [0.1, 0.15) is 0 Å². The summed E-state index contributed by atoms with van der Waals surface area (Å²) >= 11 is 0. The Balaban J connectivity index is 2.08. The second-order valence-corrected chi connectivity index (χ2v) is 3.80. The standard InChI is InChI=1S/C8H16N2/c1-6-8-4-7(10(8)3)5-9(6)2/h6-8H,4-5H2,1-3H3. The average molecular weight is 140 g/mol. The number of likely N-dealkylation sites (N-methyl/N-ethyl adjacent to an activating group) is 2. The lowest BCUT2D eigenvalue weighted by Gasteiger charge is -2.57. The van der Waals surface area contributed by atoms with Gasteiger partial charge in [-0.2, -0.15) is 0 Å². The van der Waals surface area contributed by atoms with E-state index in [0.29, 0.717) is 0 Å². The first-order chi connectivity index (χ1) is 4.70. The van der Waals surface area contributed by atoms with E-state index in [4.69, 9.17) is 0 Å². The Morgan fingerprint density at radius 3 is 2.40 bits per heavy atom. The average Bonchev–Trinajstić information content (AvgIpc) is 1.92. The molecule has 58 valence electrons. The lowest BCUT2D eigenvalue weighted by Crippen LogP contribution is -2.70. The van der Waals surface area contributed by atoms with Crippen molar-refractivity contribution in [1.29, 1.82) is 0 Å². The normalized spacial score (nSPS) is 48.9. The summed E-state index contributed by atoms with van der Waals surface area (Å²) in [4.78, 5) is 4.99. The smallest absolute Gasteiger partial charge is 0.0264 e. The van der Waals surface area contributed by atoms with Crippen molar-refractivity contribution in [1.82, 2.24) is 9.80 Å². The fourth-order valence-electron chi connectivity index (χ4n) is 2.28. The summed E-state index contributed by atoms with van der Waals surface area (Å²) in [6.07, 6.45) is 1.43. The maximum atomic E-state index is 2.52. The molecule has 3 rings (SSSR count). The molecule has 3 heterocycles. The molecule has 3 aliphatic rings. The number of hydrogen-bond acceptors (Lipinski definition) is 2. The highest BCUT2D eigenvalue weighted by atomic mass is 15.3. The summed E-state index contributed by atoms with van der Waals surface area (Å²) < 4.78 is 0. The third-order valence-corrected chi connectivity index (χ3v) is 3.36. The maximum absolute atomic E-state index is 2.52. The Morgan fingerprint density at radius 1 is 1.30 bits per heavy atom. The van der Waals surface area contributed by atoms with Crippen molar-refractivity contribution in [3.8, 4) is 0 Å². The number of piperazine rings is 1. The highest BCUT2D eigenvalue weighted by molar-refractivity contribution is 5.02. The molecule has 10 heavy (non-hydrogen) atoms. The topological polar surface area (TPSA) is 6.48 Å². The van der Waals surface area contributed by atoms with E-state index in [-0.39, 0.29) is 0 Å². The molecule has 0 saturated carbocycles. The van der Waals surface area contributed by atoms with Crippen LogP contribution in [0.25, 0.3) is 0 Å². The first kappa shape index (κ1) is 6.62. The van der Waals surface area contributed by atoms with E-state index in [2.05, 4.69) is 30.8 Å². The maximum Gasteiger partial charge on any atom is 0.0264 e. The monoisotopic (exact) mass is 140 g/mol. The van der Waals surface area contributed by atoms with Gasteiger partial charge in [0.25, 0.3) is 0 Å². The summed E-state index contributed by atoms with van der Waals surface area (Å²) in [5.41, 5.74) is 0. The van der Waals surface area contributed by atoms with Crippen molar-refractivity contribution >= 4 is 0 Å². The fraction of sp³-hybridized carbons (Fsp3) is 1.00. The second kappa shape index (κ2) is 1.95. The van der Waals surface area contributed by atoms with Crippen molar-refractivity contribution in [2.75, 3.05) is 20.6 Å². The van der Waals surface area contributed by atoms with E-state index in [1.807, 2.05) is 0 Å². The van der Waals surface area contributed by atoms with Crippen LogP contribution in [-0.2, 0) is 0 Å². The van der Waals surface area contributed by atoms with Gasteiger partial charge in [-0.15, -0.1) is 0 Å². The zero-order valence-corrected chi connectivity index (χ0v) is 7.04. The largest absolute Gasteiger partial charge is 0.301 e. The van der Waals surface area contributed by atoms with Gasteiger partial charge in [0.15, 0.2) is 0 Å². The van der Waals surface area contributed by atoms with Gasteiger partial charge < -0.3 is 4.90 Å². The lowest BCUT2D eigenvalue weighted by molar-refractivity contribution is -0.0758. The second-order valence-electron chi connectivity index (χ2n) is 3.80. The number of fused-ring (bicyclic) bond motifs is 2. The molecule has 0 spiro atoms. The van der Waals surface area contributed by atoms with E-state index < -0.39 is 0 Å². The van der Waals surface area contributed by atoms with Crippen LogP contribution in [0.15, 0.2) is 0 Å². The highest BCUT2D eigenvalue weighted by Crippen LogP contribution is 2.33. The predicted octanol–water partition coefficient (Wildman–Crippen LogP) is 0.393. The van der Waals surface area contributed by atoms with Gasteiger partial charge >= 0.3 is 0 Å². The van der Waals surface area contributed by atoms with Gasteiger partial charge in [0.2, 0.25) is 0 Å². The molecule has 2 bridgehead atoms. The summed E-state index contributed by atoms with van der Waals surface area (Å²) in [5, 5.41) is 0. The van der Waals surface area contributed by atoms with E-state index in [0.717, 1.165) is 18.1 Å². The molecule has 0 radical (unpaired) electrons. The SMILES string of the molecule is CC1C2CC(CN1C)N2C. The number of hydrogen-bond donors (Lipinski definition) is 0. The molecule has 0 aliphatic carbocycles. The fourth-order valence-corrected chi connectivity index (χ4v) is 2.28. The Morgan fingerprint density at radius 2 is 2.00 bits per heavy atom. The number of nitrogens with zero attached hydrogens (tertiary/aromatic N) is 2. The molecule has 0 amide bonds. The molecule has 2 nitrogen and oxygen atoms in total. The van der Waals surface area contributed by atoms with Crippen LogP contribution in [0.2, 0.25) is 0 Å². The van der Waals surface area contributed by atoms with Gasteiger partial charge in [0, 0.05) is 24.7 Å². The molecule has 3 atom stereocenters. The zero-order chi connectivity index (χ0) is 7.30. The van der Waals surface area contributed by atoms with Gasteiger partial charge in [-0.05, 0) is 27.4 Å². The summed E-state index contributed by atoms with van der Waals surface area (Å²) in [7, 11) is 4.49. The quantitative estimate of drug-likeness (QED) is 0.480. The molecule has 0 aromatic carbocycles. The van der Waals surface area contributed by atoms with Crippen molar-refractivity contribution in [3.05, 3.63) is 0 Å². The predicted molar refractivity (Wildman–Crippen MR) is 42.0 cm³/mol. The summed E-state index contributed by atoms with van der Waals surface area (Å²) in [5.74, 6) is 0. The minimum Gasteiger partial charge on any atom is -0.301 e. The first-order valence-electron chi connectivity index (χ1n) is 4.12. The van der Waals surface area contributed by atoms with Crippen LogP contribution >= 0.6 is 0 Å². The molecule has 3 fully saturated rings. The van der Waals surface area contributed by atoms with Crippen LogP contribution in [0.3, 0.4) is 0 Å². The molecule has 3 saturated heterocycles. The molecule has 0 aromatic heterocycles. The van der Waals surface area contributed by atoms with Crippen LogP contribution in [-0.4, -0.2) is 48.6 Å². The van der Waals surface area contributed by atoms with Gasteiger partial charge in [0.05, 0.1) is 0 Å². The van der Waals surface area contributed by atoms with E-state index in [1.165, 1.54) is 13.0 Å². The van der Waals surface area contributed by atoms with Crippen molar-refractivity contribution < 1.29 is 0 Å². The molecule has 0 aromatic rings. The Hall–Kier alpha value is -0.0800. The number of piperidine rings is 1. The third kappa shape index (κ3) is 0.663. The summed E-state index contributed by atoms with van der Waals surface area (Å²) in [6.45, 7) is 3.60. The summed E-state index contributed by atoms with van der Waals surface area (Å²) in [6, 6.07) is 2.49. The van der Waals surface area contributed by atoms with E-state index in [9.17, 15) is 0 Å². The Kier molecular flexibility index (Phi) is 1.29. The lowest BCUT2D eigenvalue weighted by atomic mass is 9.83. The molecular formula is C8H16N2. The van der Waals surface area contributed by atoms with Crippen molar-refractivity contribution in [3.63, 3.8) is 0 Å². The molecule has 2 heteroatoms. The third-order valence-electron chi connectivity index (χ3n) is 3.36. The minimum absolute atomic E-state index is 0.773. The highest BCUT2D eigenvalue weighted by Gasteiger charge is 2.45. The van der Waals surface area contributed by atoms with Crippen LogP contribution in [0.4, 0.5) is 0 Å². The minimum atomic E-state index is 0.773. The molecule has 3 unspecified atom stereocenters. The molecular weight excluding hydrogens is 124 g/mol. The number of rotatable bonds is 0.